The van der Waals surface area contributed by atoms with Crippen LogP contribution in [-0.2, 0) is 7.05 Å². The van der Waals surface area contributed by atoms with Gasteiger partial charge in [0, 0.05) is 31.2 Å². The Morgan fingerprint density at radius 1 is 1.38 bits per heavy atom. The van der Waals surface area contributed by atoms with Crippen LogP contribution in [0.1, 0.15) is 0 Å². The van der Waals surface area contributed by atoms with Crippen LogP contribution >= 0.6 is 0 Å². The minimum atomic E-state index is -0.194. The molecule has 0 bridgehead atoms. The van der Waals surface area contributed by atoms with E-state index in [1.807, 2.05) is 13.2 Å². The first-order valence-electron chi connectivity index (χ1n) is 4.80. The third kappa shape index (κ3) is 1.23. The molecule has 0 spiro atoms. The SMILES string of the molecule is Cn1cc(-c2cn3c(=O)[nH]ccc3n2)cn1. The summed E-state index contributed by atoms with van der Waals surface area (Å²) in [6.45, 7) is 0. The number of fused-ring (bicyclic) bond motifs is 1. The lowest BCUT2D eigenvalue weighted by Crippen LogP contribution is -2.13. The molecule has 0 unspecified atom stereocenters. The fourth-order valence-electron chi connectivity index (χ4n) is 1.62. The van der Waals surface area contributed by atoms with E-state index in [0.717, 1.165) is 11.3 Å². The van der Waals surface area contributed by atoms with Gasteiger partial charge in [0.25, 0.3) is 0 Å². The maximum absolute atomic E-state index is 11.5. The second kappa shape index (κ2) is 3.06. The van der Waals surface area contributed by atoms with Crippen molar-refractivity contribution in [1.29, 1.82) is 0 Å². The highest BCUT2D eigenvalue weighted by molar-refractivity contribution is 5.60. The average Bonchev–Trinajstić information content (AvgIpc) is 2.84. The van der Waals surface area contributed by atoms with E-state index in [4.69, 9.17) is 0 Å². The topological polar surface area (TPSA) is 68.0 Å². The van der Waals surface area contributed by atoms with Gasteiger partial charge in [-0.3, -0.25) is 9.08 Å². The minimum absolute atomic E-state index is 0.194. The molecule has 1 N–H and O–H groups in total. The summed E-state index contributed by atoms with van der Waals surface area (Å²) in [7, 11) is 1.84. The summed E-state index contributed by atoms with van der Waals surface area (Å²) >= 11 is 0. The Morgan fingerprint density at radius 3 is 2.94 bits per heavy atom. The normalized spacial score (nSPS) is 11.1. The lowest BCUT2D eigenvalue weighted by atomic mass is 10.3. The molecule has 0 amide bonds. The van der Waals surface area contributed by atoms with Gasteiger partial charge in [-0.25, -0.2) is 9.78 Å². The highest BCUT2D eigenvalue weighted by Crippen LogP contribution is 2.16. The summed E-state index contributed by atoms with van der Waals surface area (Å²) in [6, 6.07) is 1.75. The molecule has 80 valence electrons. The third-order valence-electron chi connectivity index (χ3n) is 2.39. The lowest BCUT2D eigenvalue weighted by molar-refractivity contribution is 0.768. The first-order valence-corrected chi connectivity index (χ1v) is 4.80. The Hall–Kier alpha value is -2.37. The second-order valence-electron chi connectivity index (χ2n) is 3.54. The Labute approximate surface area is 90.2 Å². The number of nitrogens with zero attached hydrogens (tertiary/aromatic N) is 4. The maximum atomic E-state index is 11.5. The predicted molar refractivity (Wildman–Crippen MR) is 58.0 cm³/mol. The molecular formula is C10H9N5O. The number of H-pyrrole nitrogens is 1. The zero-order chi connectivity index (χ0) is 11.1. The van der Waals surface area contributed by atoms with Gasteiger partial charge in [0.1, 0.15) is 5.65 Å². The molecule has 0 fully saturated rings. The first kappa shape index (κ1) is 8.90. The van der Waals surface area contributed by atoms with Crippen LogP contribution in [0.25, 0.3) is 16.9 Å². The van der Waals surface area contributed by atoms with Gasteiger partial charge in [0.2, 0.25) is 0 Å². The molecule has 0 atom stereocenters. The fraction of sp³-hybridized carbons (Fsp3) is 0.100. The molecular weight excluding hydrogens is 206 g/mol. The van der Waals surface area contributed by atoms with Crippen molar-refractivity contribution in [1.82, 2.24) is 24.1 Å². The standard InChI is InChI=1S/C10H9N5O/c1-14-5-7(4-12-14)8-6-15-9(13-8)2-3-11-10(15)16/h2-6H,1H3,(H,11,16). The monoisotopic (exact) mass is 215 g/mol. The quantitative estimate of drug-likeness (QED) is 0.639. The van der Waals surface area contributed by atoms with Crippen molar-refractivity contribution in [2.45, 2.75) is 0 Å². The third-order valence-corrected chi connectivity index (χ3v) is 2.39. The van der Waals surface area contributed by atoms with E-state index in [0.29, 0.717) is 5.65 Å². The largest absolute Gasteiger partial charge is 0.331 e. The number of aromatic amines is 1. The zero-order valence-corrected chi connectivity index (χ0v) is 8.58. The van der Waals surface area contributed by atoms with Crippen molar-refractivity contribution < 1.29 is 0 Å². The number of nitrogens with one attached hydrogen (secondary N) is 1. The van der Waals surface area contributed by atoms with E-state index in [-0.39, 0.29) is 5.69 Å². The second-order valence-corrected chi connectivity index (χ2v) is 3.54. The number of hydrogen-bond acceptors (Lipinski definition) is 3. The summed E-state index contributed by atoms with van der Waals surface area (Å²) in [4.78, 5) is 18.4. The summed E-state index contributed by atoms with van der Waals surface area (Å²) in [6.07, 6.45) is 6.86. The van der Waals surface area contributed by atoms with E-state index >= 15 is 0 Å². The Morgan fingerprint density at radius 2 is 2.25 bits per heavy atom. The molecule has 0 aliphatic rings. The fourth-order valence-corrected chi connectivity index (χ4v) is 1.62. The summed E-state index contributed by atoms with van der Waals surface area (Å²) < 4.78 is 3.17. The van der Waals surface area contributed by atoms with Crippen molar-refractivity contribution in [2.75, 3.05) is 0 Å². The van der Waals surface area contributed by atoms with E-state index in [2.05, 4.69) is 15.1 Å². The van der Waals surface area contributed by atoms with Crippen molar-refractivity contribution in [3.63, 3.8) is 0 Å². The Balaban J connectivity index is 2.26. The van der Waals surface area contributed by atoms with Crippen molar-refractivity contribution in [2.24, 2.45) is 7.05 Å². The van der Waals surface area contributed by atoms with Gasteiger partial charge in [-0.15, -0.1) is 0 Å². The van der Waals surface area contributed by atoms with Crippen molar-refractivity contribution >= 4 is 5.65 Å². The van der Waals surface area contributed by atoms with Gasteiger partial charge in [0.05, 0.1) is 11.9 Å². The molecule has 0 radical (unpaired) electrons. The highest BCUT2D eigenvalue weighted by atomic mass is 16.1. The maximum Gasteiger partial charge on any atom is 0.331 e. The van der Waals surface area contributed by atoms with Gasteiger partial charge in [-0.05, 0) is 6.07 Å². The van der Waals surface area contributed by atoms with Crippen LogP contribution in [0.5, 0.6) is 0 Å². The molecule has 6 heteroatoms. The van der Waals surface area contributed by atoms with Crippen molar-refractivity contribution in [3.8, 4) is 11.3 Å². The molecule has 3 rings (SSSR count). The van der Waals surface area contributed by atoms with Gasteiger partial charge in [-0.1, -0.05) is 0 Å². The van der Waals surface area contributed by atoms with Gasteiger partial charge >= 0.3 is 5.69 Å². The van der Waals surface area contributed by atoms with Crippen LogP contribution < -0.4 is 5.69 Å². The molecule has 0 saturated carbocycles. The minimum Gasteiger partial charge on any atom is -0.314 e. The molecule has 0 aromatic carbocycles. The average molecular weight is 215 g/mol. The Kier molecular flexibility index (Phi) is 1.70. The number of aromatic nitrogens is 5. The number of rotatable bonds is 1. The van der Waals surface area contributed by atoms with Crippen LogP contribution in [0, 0.1) is 0 Å². The molecule has 0 saturated heterocycles. The van der Waals surface area contributed by atoms with Gasteiger partial charge < -0.3 is 4.98 Å². The summed E-state index contributed by atoms with van der Waals surface area (Å²) in [5.74, 6) is 0. The zero-order valence-electron chi connectivity index (χ0n) is 8.58. The number of imidazole rings is 1. The van der Waals surface area contributed by atoms with Crippen molar-refractivity contribution in [3.05, 3.63) is 41.3 Å². The number of aryl methyl sites for hydroxylation is 1. The van der Waals surface area contributed by atoms with E-state index in [9.17, 15) is 4.79 Å². The molecule has 0 aliphatic heterocycles. The van der Waals surface area contributed by atoms with E-state index in [1.54, 1.807) is 29.3 Å². The van der Waals surface area contributed by atoms with Crippen LogP contribution in [0.3, 0.4) is 0 Å². The highest BCUT2D eigenvalue weighted by Gasteiger charge is 2.07. The number of hydrogen-bond donors (Lipinski definition) is 1. The van der Waals surface area contributed by atoms with E-state index < -0.39 is 0 Å². The smallest absolute Gasteiger partial charge is 0.314 e. The molecule has 3 aromatic rings. The van der Waals surface area contributed by atoms with Crippen LogP contribution in [-0.4, -0.2) is 24.1 Å². The van der Waals surface area contributed by atoms with E-state index in [1.165, 1.54) is 4.40 Å². The van der Waals surface area contributed by atoms with Gasteiger partial charge in [-0.2, -0.15) is 5.10 Å². The van der Waals surface area contributed by atoms with Crippen LogP contribution in [0.4, 0.5) is 0 Å². The predicted octanol–water partition coefficient (Wildman–Crippen LogP) is 0.423. The van der Waals surface area contributed by atoms with Crippen LogP contribution in [0.15, 0.2) is 35.6 Å². The van der Waals surface area contributed by atoms with Gasteiger partial charge in [0.15, 0.2) is 0 Å². The molecule has 16 heavy (non-hydrogen) atoms. The lowest BCUT2D eigenvalue weighted by Gasteiger charge is -1.86. The first-order chi connectivity index (χ1) is 7.74. The molecule has 3 aromatic heterocycles. The molecule has 6 nitrogen and oxygen atoms in total. The summed E-state index contributed by atoms with van der Waals surface area (Å²) in [5, 5.41) is 4.07. The Bertz CT molecular complexity index is 705. The molecule has 3 heterocycles. The van der Waals surface area contributed by atoms with Crippen LogP contribution in [0.2, 0.25) is 0 Å². The molecule has 0 aliphatic carbocycles. The summed E-state index contributed by atoms with van der Waals surface area (Å²) in [5.41, 5.74) is 2.07.